The molecule has 1 saturated heterocycles. The molecule has 0 saturated carbocycles. The number of hydrogen-bond acceptors (Lipinski definition) is 3. The van der Waals surface area contributed by atoms with E-state index in [-0.39, 0.29) is 31.8 Å². The monoisotopic (exact) mass is 268 g/mol. The van der Waals surface area contributed by atoms with Gasteiger partial charge >= 0.3 is 6.18 Å². The van der Waals surface area contributed by atoms with Crippen LogP contribution in [0.25, 0.3) is 0 Å². The van der Waals surface area contributed by atoms with E-state index in [1.54, 1.807) is 6.92 Å². The summed E-state index contributed by atoms with van der Waals surface area (Å²) in [5.74, 6) is -1.05. The molecule has 0 radical (unpaired) electrons. The lowest BCUT2D eigenvalue weighted by Gasteiger charge is -2.35. The number of piperidine rings is 1. The van der Waals surface area contributed by atoms with Crippen LogP contribution in [0.5, 0.6) is 0 Å². The molecule has 1 aliphatic rings. The van der Waals surface area contributed by atoms with Crippen molar-refractivity contribution in [1.29, 1.82) is 0 Å². The number of aliphatic hydroxyl groups excluding tert-OH is 1. The number of carbonyl (C=O) groups excluding carboxylic acids is 1. The van der Waals surface area contributed by atoms with Crippen molar-refractivity contribution < 1.29 is 23.1 Å². The molecular formula is C11H19F3N2O2. The van der Waals surface area contributed by atoms with Crippen LogP contribution in [0.2, 0.25) is 0 Å². The fourth-order valence-corrected chi connectivity index (χ4v) is 2.11. The molecule has 0 aromatic rings. The molecule has 1 aliphatic heterocycles. The zero-order valence-corrected chi connectivity index (χ0v) is 10.3. The number of rotatable bonds is 3. The molecule has 2 atom stereocenters. The topological polar surface area (TPSA) is 66.6 Å². The molecule has 0 aromatic heterocycles. The summed E-state index contributed by atoms with van der Waals surface area (Å²) in [6.45, 7) is 2.23. The Morgan fingerprint density at radius 1 is 1.44 bits per heavy atom. The third kappa shape index (κ3) is 3.58. The Kier molecular flexibility index (Phi) is 4.98. The Balaban J connectivity index is 2.49. The average molecular weight is 268 g/mol. The first-order valence-electron chi connectivity index (χ1n) is 6.06. The highest BCUT2D eigenvalue weighted by Crippen LogP contribution is 2.31. The summed E-state index contributed by atoms with van der Waals surface area (Å²) in [5, 5.41) is 9.14. The van der Waals surface area contributed by atoms with Crippen LogP contribution in [-0.4, -0.2) is 47.3 Å². The van der Waals surface area contributed by atoms with E-state index in [4.69, 9.17) is 10.8 Å². The maximum absolute atomic E-state index is 12.3. The van der Waals surface area contributed by atoms with Crippen LogP contribution in [0.15, 0.2) is 0 Å². The lowest BCUT2D eigenvalue weighted by Crippen LogP contribution is -2.49. The molecule has 7 heteroatoms. The highest BCUT2D eigenvalue weighted by atomic mass is 19.4. The maximum atomic E-state index is 12.3. The molecule has 1 amide bonds. The van der Waals surface area contributed by atoms with Crippen molar-refractivity contribution in [2.45, 2.75) is 44.5 Å². The van der Waals surface area contributed by atoms with Crippen molar-refractivity contribution >= 4 is 5.91 Å². The lowest BCUT2D eigenvalue weighted by molar-refractivity contribution is -0.223. The minimum absolute atomic E-state index is 0.156. The van der Waals surface area contributed by atoms with Gasteiger partial charge in [-0.05, 0) is 25.2 Å². The Morgan fingerprint density at radius 2 is 1.94 bits per heavy atom. The number of nitrogens with zero attached hydrogens (tertiary/aromatic N) is 1. The molecular weight excluding hydrogens is 249 g/mol. The van der Waals surface area contributed by atoms with Gasteiger partial charge in [0, 0.05) is 13.1 Å². The molecule has 1 fully saturated rings. The van der Waals surface area contributed by atoms with Gasteiger partial charge in [-0.15, -0.1) is 0 Å². The molecule has 0 aliphatic carbocycles. The molecule has 106 valence electrons. The van der Waals surface area contributed by atoms with Crippen molar-refractivity contribution in [3.63, 3.8) is 0 Å². The second-order valence-corrected chi connectivity index (χ2v) is 4.66. The van der Waals surface area contributed by atoms with Gasteiger partial charge in [-0.3, -0.25) is 4.79 Å². The third-order valence-electron chi connectivity index (χ3n) is 3.39. The molecule has 0 aromatic carbocycles. The van der Waals surface area contributed by atoms with Gasteiger partial charge in [-0.1, -0.05) is 6.92 Å². The van der Waals surface area contributed by atoms with Gasteiger partial charge in [0.1, 0.15) is 0 Å². The highest BCUT2D eigenvalue weighted by Gasteiger charge is 2.44. The third-order valence-corrected chi connectivity index (χ3v) is 3.39. The second-order valence-electron chi connectivity index (χ2n) is 4.66. The molecule has 3 N–H and O–H groups in total. The van der Waals surface area contributed by atoms with Crippen LogP contribution in [-0.2, 0) is 4.79 Å². The van der Waals surface area contributed by atoms with Crippen molar-refractivity contribution in [3.05, 3.63) is 0 Å². The van der Waals surface area contributed by atoms with Crippen LogP contribution < -0.4 is 5.73 Å². The van der Waals surface area contributed by atoms with E-state index < -0.39 is 24.2 Å². The van der Waals surface area contributed by atoms with E-state index in [1.165, 1.54) is 4.90 Å². The minimum Gasteiger partial charge on any atom is -0.383 e. The summed E-state index contributed by atoms with van der Waals surface area (Å²) in [7, 11) is 0. The van der Waals surface area contributed by atoms with Crippen LogP contribution in [0, 0.1) is 5.92 Å². The summed E-state index contributed by atoms with van der Waals surface area (Å²) < 4.78 is 37.0. The summed E-state index contributed by atoms with van der Waals surface area (Å²) in [5.41, 5.74) is 5.59. The largest absolute Gasteiger partial charge is 0.414 e. The number of alkyl halides is 3. The first-order chi connectivity index (χ1) is 8.27. The van der Waals surface area contributed by atoms with Gasteiger partial charge in [-0.2, -0.15) is 13.2 Å². The quantitative estimate of drug-likeness (QED) is 0.798. The second kappa shape index (κ2) is 5.88. The first-order valence-corrected chi connectivity index (χ1v) is 6.06. The number of carbonyl (C=O) groups is 1. The fraction of sp³-hybridized carbons (Fsp3) is 0.909. The zero-order valence-electron chi connectivity index (χ0n) is 10.3. The molecule has 18 heavy (non-hydrogen) atoms. The van der Waals surface area contributed by atoms with Gasteiger partial charge in [0.15, 0.2) is 6.10 Å². The Labute approximate surface area is 104 Å². The molecule has 0 spiro atoms. The summed E-state index contributed by atoms with van der Waals surface area (Å²) >= 11 is 0. The number of amides is 1. The van der Waals surface area contributed by atoms with Crippen molar-refractivity contribution in [2.75, 3.05) is 13.1 Å². The zero-order chi connectivity index (χ0) is 13.9. The summed E-state index contributed by atoms with van der Waals surface area (Å²) in [4.78, 5) is 13.2. The molecule has 1 rings (SSSR count). The van der Waals surface area contributed by atoms with E-state index in [1.807, 2.05) is 0 Å². The normalized spacial score (nSPS) is 21.8. The van der Waals surface area contributed by atoms with E-state index >= 15 is 0 Å². The molecule has 0 bridgehead atoms. The van der Waals surface area contributed by atoms with Crippen LogP contribution in [0.4, 0.5) is 13.2 Å². The molecule has 4 nitrogen and oxygen atoms in total. The average Bonchev–Trinajstić information content (AvgIpc) is 2.35. The van der Waals surface area contributed by atoms with Crippen molar-refractivity contribution in [3.8, 4) is 0 Å². The molecule has 1 heterocycles. The van der Waals surface area contributed by atoms with Gasteiger partial charge in [-0.25, -0.2) is 0 Å². The van der Waals surface area contributed by atoms with Crippen LogP contribution in [0.1, 0.15) is 26.2 Å². The number of nitrogens with two attached hydrogens (primary N) is 1. The van der Waals surface area contributed by atoms with Crippen molar-refractivity contribution in [1.82, 2.24) is 4.90 Å². The molecule has 2 unspecified atom stereocenters. The smallest absolute Gasteiger partial charge is 0.383 e. The Bertz CT molecular complexity index is 289. The standard InChI is InChI=1S/C11H19F3N2O2/c1-2-8(15)10(18)16-5-3-7(4-6-16)9(17)11(12,13)14/h7-9,17H,2-6,15H2,1H3. The predicted molar refractivity (Wildman–Crippen MR) is 59.6 cm³/mol. The van der Waals surface area contributed by atoms with E-state index in [0.717, 1.165) is 0 Å². The number of halogens is 3. The van der Waals surface area contributed by atoms with E-state index in [0.29, 0.717) is 6.42 Å². The van der Waals surface area contributed by atoms with E-state index in [9.17, 15) is 18.0 Å². The summed E-state index contributed by atoms with van der Waals surface area (Å²) in [6.07, 6.45) is -6.07. The van der Waals surface area contributed by atoms with Gasteiger partial charge < -0.3 is 15.7 Å². The predicted octanol–water partition coefficient (Wildman–Crippen LogP) is 0.885. The first kappa shape index (κ1) is 15.2. The van der Waals surface area contributed by atoms with Gasteiger partial charge in [0.2, 0.25) is 5.91 Å². The SMILES string of the molecule is CCC(N)C(=O)N1CCC(C(O)C(F)(F)F)CC1. The Morgan fingerprint density at radius 3 is 2.33 bits per heavy atom. The Hall–Kier alpha value is -0.820. The number of likely N-dealkylation sites (tertiary alicyclic amines) is 1. The van der Waals surface area contributed by atoms with Gasteiger partial charge in [0.25, 0.3) is 0 Å². The minimum atomic E-state index is -4.59. The lowest BCUT2D eigenvalue weighted by atomic mass is 9.90. The van der Waals surface area contributed by atoms with Crippen molar-refractivity contribution in [2.24, 2.45) is 11.7 Å². The summed E-state index contributed by atoms with van der Waals surface area (Å²) in [6, 6.07) is -0.589. The van der Waals surface area contributed by atoms with Gasteiger partial charge in [0.05, 0.1) is 6.04 Å². The number of hydrogen-bond donors (Lipinski definition) is 2. The highest BCUT2D eigenvalue weighted by molar-refractivity contribution is 5.81. The van der Waals surface area contributed by atoms with Crippen LogP contribution >= 0.6 is 0 Å². The van der Waals surface area contributed by atoms with E-state index in [2.05, 4.69) is 0 Å². The fourth-order valence-electron chi connectivity index (χ4n) is 2.11. The van der Waals surface area contributed by atoms with Crippen LogP contribution in [0.3, 0.4) is 0 Å². The number of aliphatic hydroxyl groups is 1. The maximum Gasteiger partial charge on any atom is 0.414 e.